The lowest BCUT2D eigenvalue weighted by Gasteiger charge is -2.29. The Morgan fingerprint density at radius 1 is 0.732 bits per heavy atom. The maximum Gasteiger partial charge on any atom is 0.342 e. The van der Waals surface area contributed by atoms with Crippen molar-refractivity contribution >= 4 is 57.0 Å². The van der Waals surface area contributed by atoms with Crippen LogP contribution in [0.1, 0.15) is 106 Å². The van der Waals surface area contributed by atoms with Crippen molar-refractivity contribution in [3.63, 3.8) is 0 Å². The number of aromatic nitrogens is 2. The van der Waals surface area contributed by atoms with E-state index < -0.39 is 28.7 Å². The van der Waals surface area contributed by atoms with Gasteiger partial charge in [0.15, 0.2) is 0 Å². The lowest BCUT2D eigenvalue weighted by atomic mass is 9.90. The van der Waals surface area contributed by atoms with Gasteiger partial charge in [0.1, 0.15) is 35.8 Å². The van der Waals surface area contributed by atoms with Gasteiger partial charge in [-0.25, -0.2) is 9.59 Å². The molecule has 1 aliphatic carbocycles. The van der Waals surface area contributed by atoms with Crippen LogP contribution in [-0.4, -0.2) is 71.4 Å². The highest BCUT2D eigenvalue weighted by Gasteiger charge is 2.32. The van der Waals surface area contributed by atoms with E-state index in [-0.39, 0.29) is 60.9 Å². The van der Waals surface area contributed by atoms with Crippen molar-refractivity contribution in [2.24, 2.45) is 10.8 Å². The first kappa shape index (κ1) is 43.1. The van der Waals surface area contributed by atoms with Gasteiger partial charge < -0.3 is 40.8 Å². The van der Waals surface area contributed by atoms with Crippen molar-refractivity contribution in [3.05, 3.63) is 58.9 Å². The number of carbonyl (C=O) groups excluding carboxylic acids is 3. The molecule has 56 heavy (non-hydrogen) atoms. The summed E-state index contributed by atoms with van der Waals surface area (Å²) in [6, 6.07) is 10.8. The third-order valence-electron chi connectivity index (χ3n) is 9.66. The molecule has 5 rings (SSSR count). The summed E-state index contributed by atoms with van der Waals surface area (Å²) in [6.45, 7) is 14.3. The molecular formula is C42H55N5O9. The molecule has 6 N–H and O–H groups in total. The first-order chi connectivity index (χ1) is 26.4. The van der Waals surface area contributed by atoms with E-state index in [9.17, 15) is 24.3 Å². The number of ether oxygens (including phenoxy) is 4. The number of rotatable bonds is 13. The number of amides is 1. The van der Waals surface area contributed by atoms with Crippen LogP contribution in [0.4, 0.5) is 11.4 Å². The Morgan fingerprint density at radius 2 is 1.16 bits per heavy atom. The minimum atomic E-state index is -1.07. The molecule has 0 radical (unpaired) electrons. The molecule has 2 heterocycles. The van der Waals surface area contributed by atoms with Crippen LogP contribution in [0.3, 0.4) is 0 Å². The van der Waals surface area contributed by atoms with Crippen molar-refractivity contribution in [1.29, 1.82) is 0 Å². The fraction of sp³-hybridized carbons (Fsp3) is 0.476. The number of nitrogens with one attached hydrogen (secondary N) is 1. The number of nitrogen functional groups attached to an aromatic ring is 2. The average Bonchev–Trinajstić information content (AvgIpc) is 3.13. The largest absolute Gasteiger partial charge is 0.492 e. The number of nitrogens with zero attached hydrogens (tertiary/aromatic N) is 2. The van der Waals surface area contributed by atoms with Crippen molar-refractivity contribution < 1.29 is 43.2 Å². The smallest absolute Gasteiger partial charge is 0.342 e. The van der Waals surface area contributed by atoms with Gasteiger partial charge in [-0.15, -0.1) is 0 Å². The highest BCUT2D eigenvalue weighted by Crippen LogP contribution is 2.36. The Hall–Kier alpha value is -5.66. The van der Waals surface area contributed by atoms with Crippen LogP contribution < -0.4 is 26.3 Å². The molecule has 0 atom stereocenters. The Balaban J connectivity index is 0.000000255. The van der Waals surface area contributed by atoms with Crippen LogP contribution in [-0.2, 0) is 19.1 Å². The van der Waals surface area contributed by atoms with Gasteiger partial charge >= 0.3 is 17.9 Å². The van der Waals surface area contributed by atoms with E-state index in [1.165, 1.54) is 6.42 Å². The molecule has 1 saturated carbocycles. The summed E-state index contributed by atoms with van der Waals surface area (Å²) < 4.78 is 22.0. The summed E-state index contributed by atoms with van der Waals surface area (Å²) in [7, 11) is 0. The number of hydrogen-bond acceptors (Lipinski definition) is 12. The SMILES string of the molecule is CCOC(=O)c1c(C)nc2cccc(OCC(C)(C)C(=O)NC3CCCCC3)c2c1N.CCOC(=O)c1c(C)nc2cccc(OCC(C)(C)C(=O)O)c2c1N. The number of pyridine rings is 2. The van der Waals surface area contributed by atoms with Crippen LogP contribution >= 0.6 is 0 Å². The highest BCUT2D eigenvalue weighted by molar-refractivity contribution is 6.08. The highest BCUT2D eigenvalue weighted by atomic mass is 16.5. The van der Waals surface area contributed by atoms with Crippen molar-refractivity contribution in [3.8, 4) is 11.5 Å². The molecule has 14 heteroatoms. The van der Waals surface area contributed by atoms with Crippen molar-refractivity contribution in [2.45, 2.75) is 93.5 Å². The van der Waals surface area contributed by atoms with Gasteiger partial charge in [0.2, 0.25) is 5.91 Å². The van der Waals surface area contributed by atoms with Gasteiger partial charge in [0, 0.05) is 6.04 Å². The average molecular weight is 774 g/mol. The molecule has 1 aliphatic rings. The lowest BCUT2D eigenvalue weighted by molar-refractivity contribution is -0.148. The third kappa shape index (κ3) is 9.95. The Morgan fingerprint density at radius 3 is 1.57 bits per heavy atom. The quantitative estimate of drug-likeness (QED) is 0.101. The molecule has 0 aliphatic heterocycles. The number of fused-ring (bicyclic) bond motifs is 2. The summed E-state index contributed by atoms with van der Waals surface area (Å²) in [6.07, 6.45) is 5.62. The van der Waals surface area contributed by atoms with E-state index in [2.05, 4.69) is 15.3 Å². The summed E-state index contributed by atoms with van der Waals surface area (Å²) in [4.78, 5) is 57.6. The van der Waals surface area contributed by atoms with Gasteiger partial charge in [0.05, 0.1) is 68.6 Å². The second-order valence-corrected chi connectivity index (χ2v) is 15.2. The van der Waals surface area contributed by atoms with Gasteiger partial charge in [-0.1, -0.05) is 31.4 Å². The maximum absolute atomic E-state index is 12.9. The van der Waals surface area contributed by atoms with Gasteiger partial charge in [-0.05, 0) is 92.5 Å². The van der Waals surface area contributed by atoms with Crippen LogP contribution in [0.2, 0.25) is 0 Å². The number of anilines is 2. The number of aliphatic carboxylic acids is 1. The summed E-state index contributed by atoms with van der Waals surface area (Å²) in [5.74, 6) is -1.17. The zero-order valence-corrected chi connectivity index (χ0v) is 33.7. The second kappa shape index (κ2) is 18.3. The van der Waals surface area contributed by atoms with Gasteiger partial charge in [0.25, 0.3) is 0 Å². The first-order valence-electron chi connectivity index (χ1n) is 18.9. The number of nitrogens with two attached hydrogens (primary N) is 2. The van der Waals surface area contributed by atoms with E-state index in [1.54, 1.807) is 65.8 Å². The normalized spacial score (nSPS) is 13.4. The van der Waals surface area contributed by atoms with E-state index >= 15 is 0 Å². The van der Waals surface area contributed by atoms with E-state index in [0.717, 1.165) is 25.7 Å². The summed E-state index contributed by atoms with van der Waals surface area (Å²) >= 11 is 0. The number of aryl methyl sites for hydroxylation is 2. The second-order valence-electron chi connectivity index (χ2n) is 15.2. The Kier molecular flexibility index (Phi) is 14.1. The van der Waals surface area contributed by atoms with Crippen molar-refractivity contribution in [2.75, 3.05) is 37.9 Å². The maximum atomic E-state index is 12.9. The topological polar surface area (TPSA) is 215 Å². The van der Waals surface area contributed by atoms with Gasteiger partial charge in [-0.3, -0.25) is 19.6 Å². The molecule has 4 aromatic rings. The van der Waals surface area contributed by atoms with Crippen molar-refractivity contribution in [1.82, 2.24) is 15.3 Å². The summed E-state index contributed by atoms with van der Waals surface area (Å²) in [5, 5.41) is 13.4. The number of carbonyl (C=O) groups is 4. The minimum absolute atomic E-state index is 0.0196. The zero-order chi connectivity index (χ0) is 41.4. The predicted molar refractivity (Wildman–Crippen MR) is 215 cm³/mol. The number of hydrogen-bond donors (Lipinski definition) is 4. The van der Waals surface area contributed by atoms with Crippen LogP contribution in [0, 0.1) is 24.7 Å². The van der Waals surface area contributed by atoms with Gasteiger partial charge in [-0.2, -0.15) is 0 Å². The van der Waals surface area contributed by atoms with Crippen LogP contribution in [0.5, 0.6) is 11.5 Å². The molecular weight excluding hydrogens is 718 g/mol. The number of carboxylic acids is 1. The molecule has 0 bridgehead atoms. The van der Waals surface area contributed by atoms with E-state index in [1.807, 2.05) is 26.0 Å². The standard InChI is InChI=1S/C24H33N3O4.C18H22N2O5/c1-5-30-22(28)19-15(2)26-17-12-9-13-18(20(17)21(19)25)31-14-24(3,4)23(29)27-16-10-7-6-8-11-16;1-5-24-16(21)13-10(2)20-11-7-6-8-12(14(11)15(13)19)25-9-18(3,4)17(22)23/h9,12-13,16H,5-8,10-11,14H2,1-4H3,(H2,25,26)(H,27,29);6-8H,5,9H2,1-4H3,(H2,19,20)(H,22,23). The number of carboxylic acid groups (broad SMARTS) is 1. The predicted octanol–water partition coefficient (Wildman–Crippen LogP) is 6.95. The molecule has 1 amide bonds. The molecule has 2 aromatic heterocycles. The monoisotopic (exact) mass is 773 g/mol. The Labute approximate surface area is 327 Å². The first-order valence-corrected chi connectivity index (χ1v) is 18.9. The third-order valence-corrected chi connectivity index (χ3v) is 9.66. The van der Waals surface area contributed by atoms with Crippen LogP contribution in [0.15, 0.2) is 36.4 Å². The van der Waals surface area contributed by atoms with E-state index in [4.69, 9.17) is 30.4 Å². The van der Waals surface area contributed by atoms with E-state index in [0.29, 0.717) is 44.7 Å². The molecule has 1 fully saturated rings. The fourth-order valence-electron chi connectivity index (χ4n) is 6.31. The van der Waals surface area contributed by atoms with Crippen LogP contribution in [0.25, 0.3) is 21.8 Å². The molecule has 0 unspecified atom stereocenters. The molecule has 0 saturated heterocycles. The molecule has 2 aromatic carbocycles. The zero-order valence-electron chi connectivity index (χ0n) is 33.7. The number of esters is 2. The molecule has 0 spiro atoms. The molecule has 302 valence electrons. The minimum Gasteiger partial charge on any atom is -0.492 e. The lowest BCUT2D eigenvalue weighted by Crippen LogP contribution is -2.46. The number of benzene rings is 2. The molecule has 14 nitrogen and oxygen atoms in total. The Bertz CT molecular complexity index is 2090. The fourth-order valence-corrected chi connectivity index (χ4v) is 6.31. The summed E-state index contributed by atoms with van der Waals surface area (Å²) in [5.41, 5.74) is 13.9.